The Morgan fingerprint density at radius 1 is 1.21 bits per heavy atom. The summed E-state index contributed by atoms with van der Waals surface area (Å²) in [6.45, 7) is 3.59. The third-order valence-corrected chi connectivity index (χ3v) is 5.12. The molecule has 0 aliphatic carbocycles. The van der Waals surface area contributed by atoms with Crippen LogP contribution in [0.15, 0.2) is 12.1 Å². The molecule has 1 amide bonds. The summed E-state index contributed by atoms with van der Waals surface area (Å²) >= 11 is 0. The lowest BCUT2D eigenvalue weighted by molar-refractivity contribution is -0.124. The molecule has 2 bridgehead atoms. The molecule has 3 aliphatic heterocycles. The molecule has 2 atom stereocenters. The van der Waals surface area contributed by atoms with Crippen LogP contribution in [0.1, 0.15) is 24.8 Å². The summed E-state index contributed by atoms with van der Waals surface area (Å²) in [7, 11) is 1.68. The minimum absolute atomic E-state index is 0.0979. The maximum absolute atomic E-state index is 12.2. The zero-order valence-corrected chi connectivity index (χ0v) is 14.0. The van der Waals surface area contributed by atoms with Gasteiger partial charge in [-0.2, -0.15) is 0 Å². The zero-order chi connectivity index (χ0) is 16.5. The maximum Gasteiger partial charge on any atom is 0.224 e. The van der Waals surface area contributed by atoms with E-state index in [1.54, 1.807) is 7.11 Å². The Hall–Kier alpha value is -1.95. The van der Waals surface area contributed by atoms with Crippen LogP contribution in [0.2, 0.25) is 0 Å². The second-order valence-corrected chi connectivity index (χ2v) is 6.84. The number of benzene rings is 1. The molecule has 0 spiro atoms. The number of likely N-dealkylation sites (tertiary alicyclic amines) is 1. The number of nitrogens with one attached hydrogen (secondary N) is 1. The second kappa shape index (κ2) is 6.51. The highest BCUT2D eigenvalue weighted by Gasteiger charge is 2.32. The third kappa shape index (κ3) is 3.02. The van der Waals surface area contributed by atoms with Crippen LogP contribution in [0.4, 0.5) is 0 Å². The molecule has 1 N–H and O–H groups in total. The van der Waals surface area contributed by atoms with Gasteiger partial charge in [-0.25, -0.2) is 0 Å². The largest absolute Gasteiger partial charge is 0.496 e. The molecule has 3 heterocycles. The SMILES string of the molecule is COc1cc2c(cc1CN1C[C@@H]3CCC[C@H](C1)C(=O)N3)OCCO2. The molecular weight excluding hydrogens is 308 g/mol. The number of carbonyl (C=O) groups is 1. The number of amides is 1. The first-order chi connectivity index (χ1) is 11.7. The number of hydrogen-bond acceptors (Lipinski definition) is 5. The summed E-state index contributed by atoms with van der Waals surface area (Å²) < 4.78 is 16.9. The first-order valence-corrected chi connectivity index (χ1v) is 8.72. The van der Waals surface area contributed by atoms with E-state index in [0.29, 0.717) is 13.2 Å². The Morgan fingerprint density at radius 2 is 2.00 bits per heavy atom. The van der Waals surface area contributed by atoms with E-state index in [4.69, 9.17) is 14.2 Å². The summed E-state index contributed by atoms with van der Waals surface area (Å²) in [5.41, 5.74) is 1.08. The van der Waals surface area contributed by atoms with Crippen molar-refractivity contribution in [2.45, 2.75) is 31.8 Å². The van der Waals surface area contributed by atoms with Crippen LogP contribution in [-0.2, 0) is 11.3 Å². The van der Waals surface area contributed by atoms with Gasteiger partial charge in [0.2, 0.25) is 5.91 Å². The third-order valence-electron chi connectivity index (χ3n) is 5.12. The predicted octanol–water partition coefficient (Wildman–Crippen LogP) is 1.57. The van der Waals surface area contributed by atoms with Crippen LogP contribution in [0.25, 0.3) is 0 Å². The minimum Gasteiger partial charge on any atom is -0.496 e. The van der Waals surface area contributed by atoms with Gasteiger partial charge in [-0.1, -0.05) is 6.42 Å². The normalized spacial score (nSPS) is 26.5. The average Bonchev–Trinajstić information content (AvgIpc) is 2.83. The van der Waals surface area contributed by atoms with Crippen LogP contribution in [0.3, 0.4) is 0 Å². The minimum atomic E-state index is 0.0979. The van der Waals surface area contributed by atoms with Gasteiger partial charge in [0, 0.05) is 37.3 Å². The Balaban J connectivity index is 1.57. The van der Waals surface area contributed by atoms with Crippen LogP contribution >= 0.6 is 0 Å². The van der Waals surface area contributed by atoms with Gasteiger partial charge >= 0.3 is 0 Å². The molecule has 0 aromatic heterocycles. The van der Waals surface area contributed by atoms with Crippen molar-refractivity contribution >= 4 is 5.91 Å². The van der Waals surface area contributed by atoms with Crippen molar-refractivity contribution in [1.29, 1.82) is 0 Å². The number of hydrogen-bond donors (Lipinski definition) is 1. The van der Waals surface area contributed by atoms with Gasteiger partial charge in [-0.05, 0) is 18.9 Å². The molecule has 0 radical (unpaired) electrons. The van der Waals surface area contributed by atoms with Crippen LogP contribution in [-0.4, -0.2) is 50.3 Å². The number of nitrogens with zero attached hydrogens (tertiary/aromatic N) is 1. The van der Waals surface area contributed by atoms with Gasteiger partial charge in [0.15, 0.2) is 11.5 Å². The van der Waals surface area contributed by atoms with E-state index in [2.05, 4.69) is 10.2 Å². The highest BCUT2D eigenvalue weighted by atomic mass is 16.6. The fourth-order valence-electron chi connectivity index (χ4n) is 3.94. The van der Waals surface area contributed by atoms with Gasteiger partial charge in [0.25, 0.3) is 0 Å². The summed E-state index contributed by atoms with van der Waals surface area (Å²) in [6.07, 6.45) is 3.18. The molecule has 1 aromatic carbocycles. The first kappa shape index (κ1) is 15.6. The van der Waals surface area contributed by atoms with Crippen molar-refractivity contribution in [3.8, 4) is 17.2 Å². The molecule has 130 valence electrons. The van der Waals surface area contributed by atoms with Crippen molar-refractivity contribution in [1.82, 2.24) is 10.2 Å². The fourth-order valence-corrected chi connectivity index (χ4v) is 3.94. The molecule has 3 aliphatic rings. The number of fused-ring (bicyclic) bond motifs is 4. The fraction of sp³-hybridized carbons (Fsp3) is 0.611. The lowest BCUT2D eigenvalue weighted by atomic mass is 9.99. The molecular formula is C18H24N2O4. The van der Waals surface area contributed by atoms with Crippen LogP contribution < -0.4 is 19.5 Å². The molecule has 1 aromatic rings. The van der Waals surface area contributed by atoms with Gasteiger partial charge in [0.1, 0.15) is 19.0 Å². The Morgan fingerprint density at radius 3 is 2.79 bits per heavy atom. The molecule has 4 rings (SSSR count). The van der Waals surface area contributed by atoms with E-state index in [0.717, 1.165) is 61.7 Å². The van der Waals surface area contributed by atoms with Gasteiger partial charge < -0.3 is 19.5 Å². The van der Waals surface area contributed by atoms with E-state index in [9.17, 15) is 4.79 Å². The van der Waals surface area contributed by atoms with E-state index in [1.165, 1.54) is 0 Å². The monoisotopic (exact) mass is 332 g/mol. The van der Waals surface area contributed by atoms with Crippen LogP contribution in [0, 0.1) is 5.92 Å². The summed E-state index contributed by atoms with van der Waals surface area (Å²) in [4.78, 5) is 14.6. The lowest BCUT2D eigenvalue weighted by Gasteiger charge is -2.28. The van der Waals surface area contributed by atoms with Crippen molar-refractivity contribution in [2.75, 3.05) is 33.4 Å². The summed E-state index contributed by atoms with van der Waals surface area (Å²) in [5.74, 6) is 2.65. The van der Waals surface area contributed by atoms with E-state index in [1.807, 2.05) is 12.1 Å². The second-order valence-electron chi connectivity index (χ2n) is 6.84. The molecule has 0 saturated carbocycles. The van der Waals surface area contributed by atoms with Crippen LogP contribution in [0.5, 0.6) is 17.2 Å². The van der Waals surface area contributed by atoms with Crippen molar-refractivity contribution in [2.24, 2.45) is 5.92 Å². The number of carbonyl (C=O) groups excluding carboxylic acids is 1. The van der Waals surface area contributed by atoms with Crippen molar-refractivity contribution in [3.05, 3.63) is 17.7 Å². The average molecular weight is 332 g/mol. The first-order valence-electron chi connectivity index (χ1n) is 8.72. The Bertz CT molecular complexity index is 634. The maximum atomic E-state index is 12.2. The Labute approximate surface area is 142 Å². The van der Waals surface area contributed by atoms with Crippen molar-refractivity contribution in [3.63, 3.8) is 0 Å². The standard InChI is InChI=1S/C18H24N2O4/c1-22-15-8-17-16(23-5-6-24-17)7-13(15)10-20-9-12-3-2-4-14(11-20)19-18(12)21/h7-8,12,14H,2-6,9-11H2,1H3,(H,19,21)/t12-,14+/m1/s1. The number of rotatable bonds is 3. The number of ether oxygens (including phenoxy) is 3. The summed E-state index contributed by atoms with van der Waals surface area (Å²) in [5, 5.41) is 3.18. The molecule has 6 heteroatoms. The predicted molar refractivity (Wildman–Crippen MR) is 88.5 cm³/mol. The molecule has 2 saturated heterocycles. The van der Waals surface area contributed by atoms with E-state index >= 15 is 0 Å². The van der Waals surface area contributed by atoms with Gasteiger partial charge in [-0.3, -0.25) is 9.69 Å². The van der Waals surface area contributed by atoms with E-state index in [-0.39, 0.29) is 17.9 Å². The highest BCUT2D eigenvalue weighted by molar-refractivity contribution is 5.79. The quantitative estimate of drug-likeness (QED) is 0.910. The Kier molecular flexibility index (Phi) is 4.22. The summed E-state index contributed by atoms with van der Waals surface area (Å²) in [6, 6.07) is 4.18. The molecule has 2 fully saturated rings. The molecule has 6 nitrogen and oxygen atoms in total. The lowest BCUT2D eigenvalue weighted by Crippen LogP contribution is -2.38. The topological polar surface area (TPSA) is 60.0 Å². The van der Waals surface area contributed by atoms with E-state index < -0.39 is 0 Å². The van der Waals surface area contributed by atoms with Gasteiger partial charge in [0.05, 0.1) is 13.0 Å². The smallest absolute Gasteiger partial charge is 0.224 e. The highest BCUT2D eigenvalue weighted by Crippen LogP contribution is 2.37. The number of methoxy groups -OCH3 is 1. The molecule has 0 unspecified atom stereocenters. The molecule has 24 heavy (non-hydrogen) atoms. The van der Waals surface area contributed by atoms with Gasteiger partial charge in [-0.15, -0.1) is 0 Å². The zero-order valence-electron chi connectivity index (χ0n) is 14.0. The van der Waals surface area contributed by atoms with Crippen molar-refractivity contribution < 1.29 is 19.0 Å².